The van der Waals surface area contributed by atoms with Crippen molar-refractivity contribution in [3.05, 3.63) is 0 Å². The molecule has 2 N–H and O–H groups in total. The molecule has 6 heteroatoms. The van der Waals surface area contributed by atoms with Gasteiger partial charge >= 0.3 is 11.9 Å². The van der Waals surface area contributed by atoms with E-state index in [1.807, 2.05) is 0 Å². The Bertz CT molecular complexity index is 303. The van der Waals surface area contributed by atoms with Gasteiger partial charge in [0.05, 0.1) is 13.2 Å². The van der Waals surface area contributed by atoms with Gasteiger partial charge in [0.1, 0.15) is 0 Å². The van der Waals surface area contributed by atoms with E-state index >= 15 is 0 Å². The Kier molecular flexibility index (Phi) is 11.8. The van der Waals surface area contributed by atoms with Gasteiger partial charge in [-0.1, -0.05) is 26.7 Å². The molecular weight excluding hydrogens is 284 g/mol. The van der Waals surface area contributed by atoms with Gasteiger partial charge in [0.2, 0.25) is 5.54 Å². The standard InChI is InChI=1S/C16H32N2O4/c1-5-9-11-17-13-16(14(19)21-7-3,15(20)22-8-4)18-12-10-6-2/h17-18H,5-13H2,1-4H3. The predicted molar refractivity (Wildman–Crippen MR) is 86.7 cm³/mol. The predicted octanol–water partition coefficient (Wildman–Crippen LogP) is 1.63. The van der Waals surface area contributed by atoms with Gasteiger partial charge in [-0.2, -0.15) is 0 Å². The lowest BCUT2D eigenvalue weighted by atomic mass is 9.99. The van der Waals surface area contributed by atoms with E-state index in [-0.39, 0.29) is 19.8 Å². The summed E-state index contributed by atoms with van der Waals surface area (Å²) >= 11 is 0. The molecule has 0 radical (unpaired) electrons. The fourth-order valence-corrected chi connectivity index (χ4v) is 2.00. The minimum Gasteiger partial charge on any atom is -0.464 e. The van der Waals surface area contributed by atoms with Crippen LogP contribution in [-0.2, 0) is 19.1 Å². The molecule has 0 amide bonds. The van der Waals surface area contributed by atoms with Crippen LogP contribution in [-0.4, -0.2) is 50.3 Å². The lowest BCUT2D eigenvalue weighted by Crippen LogP contribution is -2.65. The van der Waals surface area contributed by atoms with Gasteiger partial charge in [-0.05, 0) is 39.8 Å². The van der Waals surface area contributed by atoms with Crippen LogP contribution in [0.4, 0.5) is 0 Å². The number of nitrogens with one attached hydrogen (secondary N) is 2. The molecule has 0 saturated carbocycles. The van der Waals surface area contributed by atoms with E-state index < -0.39 is 17.5 Å². The Morgan fingerprint density at radius 2 is 1.36 bits per heavy atom. The zero-order valence-corrected chi connectivity index (χ0v) is 14.5. The van der Waals surface area contributed by atoms with Crippen molar-refractivity contribution in [3.63, 3.8) is 0 Å². The second-order valence-electron chi connectivity index (χ2n) is 5.16. The number of unbranched alkanes of at least 4 members (excludes halogenated alkanes) is 2. The smallest absolute Gasteiger partial charge is 0.339 e. The highest BCUT2D eigenvalue weighted by atomic mass is 16.6. The van der Waals surface area contributed by atoms with Gasteiger partial charge in [0, 0.05) is 6.54 Å². The number of hydrogen-bond donors (Lipinski definition) is 2. The summed E-state index contributed by atoms with van der Waals surface area (Å²) in [5.41, 5.74) is -1.46. The molecule has 0 aromatic heterocycles. The summed E-state index contributed by atoms with van der Waals surface area (Å²) in [5, 5.41) is 6.24. The van der Waals surface area contributed by atoms with E-state index in [0.29, 0.717) is 6.54 Å². The lowest BCUT2D eigenvalue weighted by molar-refractivity contribution is -0.166. The normalized spacial score (nSPS) is 11.3. The van der Waals surface area contributed by atoms with Crippen LogP contribution >= 0.6 is 0 Å². The number of rotatable bonds is 13. The first kappa shape index (κ1) is 20.9. The third-order valence-corrected chi connectivity index (χ3v) is 3.30. The number of hydrogen-bond acceptors (Lipinski definition) is 6. The molecule has 0 aromatic rings. The third kappa shape index (κ3) is 6.75. The Balaban J connectivity index is 5.10. The highest BCUT2D eigenvalue weighted by molar-refractivity contribution is 6.05. The first-order valence-corrected chi connectivity index (χ1v) is 8.39. The van der Waals surface area contributed by atoms with Crippen LogP contribution in [0.2, 0.25) is 0 Å². The minimum absolute atomic E-state index is 0.175. The maximum Gasteiger partial charge on any atom is 0.339 e. The van der Waals surface area contributed by atoms with E-state index in [0.717, 1.165) is 32.2 Å². The minimum atomic E-state index is -1.46. The van der Waals surface area contributed by atoms with Crippen molar-refractivity contribution in [2.45, 2.75) is 58.9 Å². The van der Waals surface area contributed by atoms with Crippen LogP contribution in [0, 0.1) is 0 Å². The number of ether oxygens (including phenoxy) is 2. The quantitative estimate of drug-likeness (QED) is 0.305. The Morgan fingerprint density at radius 3 is 1.82 bits per heavy atom. The molecule has 22 heavy (non-hydrogen) atoms. The van der Waals surface area contributed by atoms with E-state index in [9.17, 15) is 9.59 Å². The van der Waals surface area contributed by atoms with Crippen molar-refractivity contribution < 1.29 is 19.1 Å². The molecule has 0 bridgehead atoms. The summed E-state index contributed by atoms with van der Waals surface area (Å²) in [6.07, 6.45) is 3.87. The van der Waals surface area contributed by atoms with Gasteiger partial charge in [-0.25, -0.2) is 9.59 Å². The van der Waals surface area contributed by atoms with Crippen molar-refractivity contribution in [2.75, 3.05) is 32.8 Å². The Hall–Kier alpha value is -1.14. The zero-order chi connectivity index (χ0) is 16.8. The topological polar surface area (TPSA) is 76.7 Å². The van der Waals surface area contributed by atoms with Gasteiger partial charge in [0.15, 0.2) is 0 Å². The van der Waals surface area contributed by atoms with E-state index in [4.69, 9.17) is 9.47 Å². The molecule has 0 saturated heterocycles. The zero-order valence-electron chi connectivity index (χ0n) is 14.5. The van der Waals surface area contributed by atoms with Crippen LogP contribution in [0.1, 0.15) is 53.4 Å². The average Bonchev–Trinajstić information content (AvgIpc) is 2.50. The van der Waals surface area contributed by atoms with Crippen molar-refractivity contribution in [3.8, 4) is 0 Å². The SMILES string of the molecule is CCCCNCC(NCCCC)(C(=O)OCC)C(=O)OCC. The molecule has 0 heterocycles. The third-order valence-electron chi connectivity index (χ3n) is 3.30. The molecule has 0 aliphatic carbocycles. The lowest BCUT2D eigenvalue weighted by Gasteiger charge is -2.30. The molecule has 0 unspecified atom stereocenters. The molecular formula is C16H32N2O4. The maximum atomic E-state index is 12.4. The monoisotopic (exact) mass is 316 g/mol. The largest absolute Gasteiger partial charge is 0.464 e. The van der Waals surface area contributed by atoms with Crippen LogP contribution < -0.4 is 10.6 Å². The molecule has 0 aliphatic heterocycles. The summed E-state index contributed by atoms with van der Waals surface area (Å²) in [4.78, 5) is 24.8. The molecule has 0 aromatic carbocycles. The molecule has 0 spiro atoms. The van der Waals surface area contributed by atoms with Crippen molar-refractivity contribution in [1.29, 1.82) is 0 Å². The molecule has 130 valence electrons. The van der Waals surface area contributed by atoms with Gasteiger partial charge in [-0.3, -0.25) is 5.32 Å². The number of carbonyl (C=O) groups is 2. The van der Waals surface area contributed by atoms with Crippen LogP contribution in [0.15, 0.2) is 0 Å². The second-order valence-corrected chi connectivity index (χ2v) is 5.16. The Morgan fingerprint density at radius 1 is 0.864 bits per heavy atom. The highest BCUT2D eigenvalue weighted by Gasteiger charge is 2.48. The van der Waals surface area contributed by atoms with Crippen molar-refractivity contribution in [2.24, 2.45) is 0 Å². The van der Waals surface area contributed by atoms with Gasteiger partial charge in [0.25, 0.3) is 0 Å². The fraction of sp³-hybridized carbons (Fsp3) is 0.875. The van der Waals surface area contributed by atoms with Crippen LogP contribution in [0.25, 0.3) is 0 Å². The molecule has 0 atom stereocenters. The van der Waals surface area contributed by atoms with E-state index in [1.54, 1.807) is 13.8 Å². The summed E-state index contributed by atoms with van der Waals surface area (Å²) in [7, 11) is 0. The van der Waals surface area contributed by atoms with E-state index in [2.05, 4.69) is 24.5 Å². The summed E-state index contributed by atoms with van der Waals surface area (Å²) in [6.45, 7) is 9.52. The number of esters is 2. The van der Waals surface area contributed by atoms with Crippen molar-refractivity contribution >= 4 is 11.9 Å². The highest BCUT2D eigenvalue weighted by Crippen LogP contribution is 2.11. The summed E-state index contributed by atoms with van der Waals surface area (Å²) in [5.74, 6) is -1.15. The Labute approximate surface area is 134 Å². The second kappa shape index (κ2) is 12.4. The van der Waals surface area contributed by atoms with Crippen LogP contribution in [0.3, 0.4) is 0 Å². The van der Waals surface area contributed by atoms with Gasteiger partial charge in [-0.15, -0.1) is 0 Å². The first-order valence-electron chi connectivity index (χ1n) is 8.39. The number of carbonyl (C=O) groups excluding carboxylic acids is 2. The molecule has 0 fully saturated rings. The van der Waals surface area contributed by atoms with E-state index in [1.165, 1.54) is 0 Å². The molecule has 6 nitrogen and oxygen atoms in total. The molecule has 0 aliphatic rings. The maximum absolute atomic E-state index is 12.4. The summed E-state index contributed by atoms with van der Waals surface area (Å²) < 4.78 is 10.2. The van der Waals surface area contributed by atoms with Crippen molar-refractivity contribution in [1.82, 2.24) is 10.6 Å². The summed E-state index contributed by atoms with van der Waals surface area (Å²) in [6, 6.07) is 0. The average molecular weight is 316 g/mol. The molecule has 0 rings (SSSR count). The first-order chi connectivity index (χ1) is 10.6. The van der Waals surface area contributed by atoms with Gasteiger partial charge < -0.3 is 14.8 Å². The fourth-order valence-electron chi connectivity index (χ4n) is 2.00. The van der Waals surface area contributed by atoms with Crippen LogP contribution in [0.5, 0.6) is 0 Å².